The Morgan fingerprint density at radius 3 is 2.62 bits per heavy atom. The number of hydrogen-bond acceptors (Lipinski definition) is 6. The van der Waals surface area contributed by atoms with Crippen molar-refractivity contribution in [3.8, 4) is 11.4 Å². The molecule has 5 rings (SSSR count). The van der Waals surface area contributed by atoms with Crippen LogP contribution in [0.1, 0.15) is 45.7 Å². The second-order valence-electron chi connectivity index (χ2n) is 8.16. The van der Waals surface area contributed by atoms with Gasteiger partial charge in [-0.2, -0.15) is 0 Å². The maximum Gasteiger partial charge on any atom is 0.327 e. The predicted octanol–water partition coefficient (Wildman–Crippen LogP) is 3.63. The largest absolute Gasteiger partial charge is 0.330 e. The van der Waals surface area contributed by atoms with Gasteiger partial charge < -0.3 is 14.9 Å². The summed E-state index contributed by atoms with van der Waals surface area (Å²) in [5.41, 5.74) is 3.68. The van der Waals surface area contributed by atoms with Crippen LogP contribution in [-0.2, 0) is 13.1 Å². The minimum atomic E-state index is -0.302. The molecule has 34 heavy (non-hydrogen) atoms. The Morgan fingerprint density at radius 2 is 1.82 bits per heavy atom. The maximum atomic E-state index is 12.9. The summed E-state index contributed by atoms with van der Waals surface area (Å²) in [5.74, 6) is 1.06. The number of imidazole rings is 2. The molecule has 0 amide bonds. The van der Waals surface area contributed by atoms with E-state index in [2.05, 4.69) is 20.3 Å². The summed E-state index contributed by atoms with van der Waals surface area (Å²) >= 11 is 0. The van der Waals surface area contributed by atoms with Crippen molar-refractivity contribution in [3.05, 3.63) is 87.6 Å². The first kappa shape index (κ1) is 21.3. The highest BCUT2D eigenvalue weighted by atomic mass is 16.1. The number of ketones is 2. The molecule has 2 N–H and O–H groups in total. The van der Waals surface area contributed by atoms with E-state index >= 15 is 0 Å². The summed E-state index contributed by atoms with van der Waals surface area (Å²) in [5, 5.41) is 3.09. The third kappa shape index (κ3) is 3.77. The second kappa shape index (κ2) is 8.43. The van der Waals surface area contributed by atoms with Crippen molar-refractivity contribution in [1.82, 2.24) is 19.1 Å². The van der Waals surface area contributed by atoms with Crippen molar-refractivity contribution in [1.29, 1.82) is 0 Å². The Kier molecular flexibility index (Phi) is 5.29. The van der Waals surface area contributed by atoms with Crippen LogP contribution in [-0.4, -0.2) is 37.0 Å². The van der Waals surface area contributed by atoms with Crippen molar-refractivity contribution in [2.24, 2.45) is 4.99 Å². The fraction of sp³-hybridized carbons (Fsp3) is 0.160. The van der Waals surface area contributed by atoms with E-state index in [1.807, 2.05) is 28.8 Å². The number of carbonyl (C=O) groups is 2. The van der Waals surface area contributed by atoms with Crippen molar-refractivity contribution in [3.63, 3.8) is 0 Å². The molecule has 9 nitrogen and oxygen atoms in total. The highest BCUT2D eigenvalue weighted by Gasteiger charge is 2.24. The lowest BCUT2D eigenvalue weighted by molar-refractivity contribution is 0.100. The first-order valence-electron chi connectivity index (χ1n) is 10.8. The van der Waals surface area contributed by atoms with E-state index in [-0.39, 0.29) is 23.8 Å². The molecule has 3 heterocycles. The van der Waals surface area contributed by atoms with E-state index in [1.54, 1.807) is 42.1 Å². The zero-order valence-electron chi connectivity index (χ0n) is 18.7. The number of hydrogen-bond donors (Lipinski definition) is 2. The van der Waals surface area contributed by atoms with Crippen LogP contribution in [0.15, 0.2) is 64.6 Å². The number of carbonyl (C=O) groups excluding carboxylic acids is 2. The molecular weight excluding hydrogens is 432 g/mol. The quantitative estimate of drug-likeness (QED) is 0.432. The number of benzene rings is 2. The smallest absolute Gasteiger partial charge is 0.327 e. The Balaban J connectivity index is 1.52. The molecular formula is C25H22N6O3. The Labute approximate surface area is 194 Å². The standard InChI is InChI=1S/C25H22N6O3/c1-15(32)18-8-5-6-17(10-18)11-31-24-22(29-25(31)34)21-23(26-13-27-24)30(14-28-21)12-19-7-3-4-9-20(19)16(2)33/h3-10,13-14H,11-12H2,1-2H3,(H,26,27)(H,29,34). The highest BCUT2D eigenvalue weighted by molar-refractivity contribution is 5.96. The number of fused-ring (bicyclic) bond motifs is 3. The zero-order chi connectivity index (χ0) is 23.8. The molecule has 0 unspecified atom stereocenters. The van der Waals surface area contributed by atoms with E-state index in [9.17, 15) is 14.4 Å². The average molecular weight is 454 g/mol. The van der Waals surface area contributed by atoms with Crippen molar-refractivity contribution >= 4 is 29.5 Å². The second-order valence-corrected chi connectivity index (χ2v) is 8.16. The van der Waals surface area contributed by atoms with Gasteiger partial charge >= 0.3 is 5.69 Å². The van der Waals surface area contributed by atoms with Gasteiger partial charge in [-0.15, -0.1) is 0 Å². The van der Waals surface area contributed by atoms with Crippen molar-refractivity contribution in [2.45, 2.75) is 26.9 Å². The molecule has 0 saturated carbocycles. The number of anilines is 1. The van der Waals surface area contributed by atoms with Crippen LogP contribution in [0.3, 0.4) is 0 Å². The van der Waals surface area contributed by atoms with Crippen LogP contribution in [0.4, 0.5) is 11.6 Å². The van der Waals surface area contributed by atoms with Crippen LogP contribution >= 0.6 is 0 Å². The SMILES string of the molecule is CC(=O)c1cccc(Cn2c3c([nH]c2=O)-c2ncn(Cc4ccccc4C(C)=O)c2N=CN3)c1. The topological polar surface area (TPSA) is 114 Å². The Bertz CT molecular complexity index is 1520. The van der Waals surface area contributed by atoms with E-state index in [4.69, 9.17) is 0 Å². The van der Waals surface area contributed by atoms with Gasteiger partial charge in [-0.1, -0.05) is 42.5 Å². The summed E-state index contributed by atoms with van der Waals surface area (Å²) in [6.45, 7) is 3.74. The maximum absolute atomic E-state index is 12.9. The van der Waals surface area contributed by atoms with Gasteiger partial charge in [0.05, 0.1) is 25.8 Å². The molecule has 0 bridgehead atoms. The van der Waals surface area contributed by atoms with Gasteiger partial charge in [-0.05, 0) is 31.0 Å². The minimum Gasteiger partial charge on any atom is -0.330 e. The Hall–Kier alpha value is -4.53. The summed E-state index contributed by atoms with van der Waals surface area (Å²) in [6.07, 6.45) is 3.18. The van der Waals surface area contributed by atoms with Crippen LogP contribution in [0.25, 0.3) is 11.4 Å². The Morgan fingerprint density at radius 1 is 1.00 bits per heavy atom. The van der Waals surface area contributed by atoms with Gasteiger partial charge in [0, 0.05) is 11.1 Å². The molecule has 1 aliphatic rings. The molecule has 2 aromatic carbocycles. The van der Waals surface area contributed by atoms with E-state index in [0.717, 1.165) is 11.1 Å². The molecule has 0 aliphatic carbocycles. The molecule has 4 aromatic rings. The van der Waals surface area contributed by atoms with Gasteiger partial charge in [0.15, 0.2) is 17.4 Å². The van der Waals surface area contributed by atoms with Crippen LogP contribution in [0, 0.1) is 0 Å². The molecule has 170 valence electrons. The van der Waals surface area contributed by atoms with Gasteiger partial charge in [0.1, 0.15) is 17.2 Å². The highest BCUT2D eigenvalue weighted by Crippen LogP contribution is 2.34. The fourth-order valence-electron chi connectivity index (χ4n) is 4.16. The molecule has 0 spiro atoms. The van der Waals surface area contributed by atoms with Crippen molar-refractivity contribution < 1.29 is 9.59 Å². The average Bonchev–Trinajstić information content (AvgIpc) is 3.29. The summed E-state index contributed by atoms with van der Waals surface area (Å²) in [7, 11) is 0. The van der Waals surface area contributed by atoms with Crippen LogP contribution in [0.2, 0.25) is 0 Å². The predicted molar refractivity (Wildman–Crippen MR) is 129 cm³/mol. The number of rotatable bonds is 6. The lowest BCUT2D eigenvalue weighted by Gasteiger charge is -2.09. The first-order chi connectivity index (χ1) is 16.4. The van der Waals surface area contributed by atoms with E-state index in [0.29, 0.717) is 40.7 Å². The summed E-state index contributed by atoms with van der Waals surface area (Å²) in [4.78, 5) is 48.6. The van der Waals surface area contributed by atoms with Crippen molar-refractivity contribution in [2.75, 3.05) is 5.32 Å². The molecule has 0 radical (unpaired) electrons. The summed E-state index contributed by atoms with van der Waals surface area (Å²) in [6, 6.07) is 14.6. The lowest BCUT2D eigenvalue weighted by atomic mass is 10.0. The van der Waals surface area contributed by atoms with Gasteiger partial charge in [0.25, 0.3) is 0 Å². The number of aromatic amines is 1. The number of Topliss-reactive ketones (excluding diaryl/α,β-unsaturated/α-hetero) is 2. The van der Waals surface area contributed by atoms with Gasteiger partial charge in [0.2, 0.25) is 0 Å². The molecule has 2 aromatic heterocycles. The normalized spacial score (nSPS) is 11.9. The van der Waals surface area contributed by atoms with Crippen LogP contribution < -0.4 is 11.0 Å². The zero-order valence-corrected chi connectivity index (χ0v) is 18.7. The first-order valence-corrected chi connectivity index (χ1v) is 10.8. The van der Waals surface area contributed by atoms with Gasteiger partial charge in [-0.25, -0.2) is 14.8 Å². The molecule has 9 heteroatoms. The minimum absolute atomic E-state index is 0.00971. The molecule has 1 aliphatic heterocycles. The van der Waals surface area contributed by atoms with Crippen LogP contribution in [0.5, 0.6) is 0 Å². The number of nitrogens with one attached hydrogen (secondary N) is 2. The number of aromatic nitrogens is 4. The fourth-order valence-corrected chi connectivity index (χ4v) is 4.16. The lowest BCUT2D eigenvalue weighted by Crippen LogP contribution is -2.19. The monoisotopic (exact) mass is 454 g/mol. The molecule has 0 saturated heterocycles. The molecule has 0 atom stereocenters. The number of aliphatic imine (C=N–C) groups is 1. The van der Waals surface area contributed by atoms with Gasteiger partial charge in [-0.3, -0.25) is 14.2 Å². The van der Waals surface area contributed by atoms with E-state index < -0.39 is 0 Å². The molecule has 0 fully saturated rings. The number of nitrogens with zero attached hydrogens (tertiary/aromatic N) is 4. The third-order valence-electron chi connectivity index (χ3n) is 5.83. The summed E-state index contributed by atoms with van der Waals surface area (Å²) < 4.78 is 3.40. The third-order valence-corrected chi connectivity index (χ3v) is 5.83. The number of H-pyrrole nitrogens is 1. The van der Waals surface area contributed by atoms with E-state index in [1.165, 1.54) is 13.3 Å².